The van der Waals surface area contributed by atoms with Crippen LogP contribution in [0.15, 0.2) is 34.3 Å². The third-order valence-corrected chi connectivity index (χ3v) is 5.78. The largest absolute Gasteiger partial charge is 0.280 e. The van der Waals surface area contributed by atoms with E-state index < -0.39 is 20.6 Å². The van der Waals surface area contributed by atoms with E-state index in [0.29, 0.717) is 4.90 Å². The highest BCUT2D eigenvalue weighted by Crippen LogP contribution is 2.47. The average Bonchev–Trinajstić information content (AvgIpc) is 2.64. The van der Waals surface area contributed by atoms with Crippen molar-refractivity contribution in [2.75, 3.05) is 7.05 Å². The lowest BCUT2D eigenvalue weighted by Gasteiger charge is -2.24. The van der Waals surface area contributed by atoms with Crippen LogP contribution in [-0.4, -0.2) is 32.1 Å². The summed E-state index contributed by atoms with van der Waals surface area (Å²) in [7, 11) is -1.59. The molecule has 2 aliphatic heterocycles. The van der Waals surface area contributed by atoms with Crippen LogP contribution in [0.5, 0.6) is 0 Å². The molecule has 2 atom stereocenters. The Morgan fingerprint density at radius 2 is 2.06 bits per heavy atom. The molecule has 0 amide bonds. The standard InChI is InChI=1S/C11H12N2O2S/c1-11-7-12-13(2)10(11)16(14,15)9-6-4-3-5-8(9)11/h3-7,10H,1-2H3. The first-order valence-corrected chi connectivity index (χ1v) is 6.64. The van der Waals surface area contributed by atoms with Crippen LogP contribution < -0.4 is 0 Å². The molecule has 0 radical (unpaired) electrons. The highest BCUT2D eigenvalue weighted by atomic mass is 32.2. The first-order valence-electron chi connectivity index (χ1n) is 5.09. The zero-order chi connectivity index (χ0) is 11.6. The SMILES string of the molecule is CN1N=CC2(C)c3ccccc3S(=O)(=O)C12. The van der Waals surface area contributed by atoms with Crippen molar-refractivity contribution in [1.82, 2.24) is 5.01 Å². The first-order chi connectivity index (χ1) is 7.48. The molecule has 0 saturated carbocycles. The quantitative estimate of drug-likeness (QED) is 0.675. The van der Waals surface area contributed by atoms with Crippen molar-refractivity contribution in [2.24, 2.45) is 5.10 Å². The maximum Gasteiger partial charge on any atom is 0.202 e. The third-order valence-electron chi connectivity index (χ3n) is 3.43. The van der Waals surface area contributed by atoms with Crippen LogP contribution in [0.25, 0.3) is 0 Å². The summed E-state index contributed by atoms with van der Waals surface area (Å²) >= 11 is 0. The lowest BCUT2D eigenvalue weighted by Crippen LogP contribution is -2.40. The second kappa shape index (κ2) is 2.66. The molecule has 0 saturated heterocycles. The fraction of sp³-hybridized carbons (Fsp3) is 0.364. The zero-order valence-corrected chi connectivity index (χ0v) is 9.90. The number of fused-ring (bicyclic) bond motifs is 3. The molecule has 16 heavy (non-hydrogen) atoms. The molecule has 0 N–H and O–H groups in total. The first kappa shape index (κ1) is 9.84. The van der Waals surface area contributed by atoms with E-state index in [-0.39, 0.29) is 0 Å². The van der Waals surface area contributed by atoms with E-state index in [9.17, 15) is 8.42 Å². The van der Waals surface area contributed by atoms with E-state index in [1.165, 1.54) is 5.01 Å². The Labute approximate surface area is 94.5 Å². The van der Waals surface area contributed by atoms with Crippen molar-refractivity contribution in [2.45, 2.75) is 22.6 Å². The van der Waals surface area contributed by atoms with Crippen molar-refractivity contribution in [1.29, 1.82) is 0 Å². The van der Waals surface area contributed by atoms with Gasteiger partial charge in [0.15, 0.2) is 5.37 Å². The molecule has 0 fully saturated rings. The fourth-order valence-electron chi connectivity index (χ4n) is 2.73. The second-order valence-electron chi connectivity index (χ2n) is 4.49. The summed E-state index contributed by atoms with van der Waals surface area (Å²) in [5.74, 6) is 0. The minimum atomic E-state index is -3.29. The van der Waals surface area contributed by atoms with E-state index in [1.807, 2.05) is 19.1 Å². The molecule has 4 nitrogen and oxygen atoms in total. The van der Waals surface area contributed by atoms with Gasteiger partial charge in [0, 0.05) is 13.3 Å². The summed E-state index contributed by atoms with van der Waals surface area (Å²) < 4.78 is 24.7. The van der Waals surface area contributed by atoms with Crippen molar-refractivity contribution in [3.8, 4) is 0 Å². The number of rotatable bonds is 0. The van der Waals surface area contributed by atoms with Gasteiger partial charge < -0.3 is 0 Å². The molecule has 3 rings (SSSR count). The number of nitrogens with zero attached hydrogens (tertiary/aromatic N) is 2. The van der Waals surface area contributed by atoms with Gasteiger partial charge in [0.2, 0.25) is 9.84 Å². The lowest BCUT2D eigenvalue weighted by atomic mass is 9.84. The predicted octanol–water partition coefficient (Wildman–Crippen LogP) is 0.989. The van der Waals surface area contributed by atoms with Crippen LogP contribution in [0.2, 0.25) is 0 Å². The van der Waals surface area contributed by atoms with Crippen LogP contribution in [0.3, 0.4) is 0 Å². The molecular weight excluding hydrogens is 224 g/mol. The molecule has 84 valence electrons. The third kappa shape index (κ3) is 0.899. The van der Waals surface area contributed by atoms with Gasteiger partial charge in [-0.05, 0) is 18.6 Å². The molecule has 0 spiro atoms. The minimum Gasteiger partial charge on any atom is -0.280 e. The molecule has 2 aliphatic rings. The normalized spacial score (nSPS) is 33.9. The van der Waals surface area contributed by atoms with Crippen LogP contribution in [0.4, 0.5) is 0 Å². The summed E-state index contributed by atoms with van der Waals surface area (Å²) in [6.07, 6.45) is 1.74. The van der Waals surface area contributed by atoms with Gasteiger partial charge in [-0.2, -0.15) is 5.10 Å². The van der Waals surface area contributed by atoms with Gasteiger partial charge in [-0.25, -0.2) is 8.42 Å². The zero-order valence-electron chi connectivity index (χ0n) is 9.08. The van der Waals surface area contributed by atoms with Crippen LogP contribution in [-0.2, 0) is 15.3 Å². The molecule has 0 aromatic heterocycles. The topological polar surface area (TPSA) is 49.7 Å². The van der Waals surface area contributed by atoms with E-state index in [1.54, 1.807) is 25.4 Å². The Morgan fingerprint density at radius 1 is 1.38 bits per heavy atom. The molecule has 0 bridgehead atoms. The average molecular weight is 236 g/mol. The Kier molecular flexibility index (Phi) is 1.63. The van der Waals surface area contributed by atoms with Gasteiger partial charge in [0.25, 0.3) is 0 Å². The molecule has 0 aliphatic carbocycles. The van der Waals surface area contributed by atoms with Gasteiger partial charge in [-0.15, -0.1) is 0 Å². The Bertz CT molecular complexity index is 594. The van der Waals surface area contributed by atoms with Gasteiger partial charge in [0.05, 0.1) is 10.3 Å². The van der Waals surface area contributed by atoms with E-state index >= 15 is 0 Å². The monoisotopic (exact) mass is 236 g/mol. The van der Waals surface area contributed by atoms with Crippen molar-refractivity contribution in [3.63, 3.8) is 0 Å². The lowest BCUT2D eigenvalue weighted by molar-refractivity contribution is 0.309. The van der Waals surface area contributed by atoms with Gasteiger partial charge >= 0.3 is 0 Å². The second-order valence-corrected chi connectivity index (χ2v) is 6.47. The highest BCUT2D eigenvalue weighted by molar-refractivity contribution is 7.92. The summed E-state index contributed by atoms with van der Waals surface area (Å²) in [4.78, 5) is 0.445. The number of hydrogen-bond acceptors (Lipinski definition) is 4. The Hall–Kier alpha value is -1.36. The van der Waals surface area contributed by atoms with Gasteiger partial charge in [-0.3, -0.25) is 5.01 Å². The maximum atomic E-state index is 12.4. The fourth-order valence-corrected chi connectivity index (χ4v) is 5.12. The molecule has 2 unspecified atom stereocenters. The van der Waals surface area contributed by atoms with Crippen molar-refractivity contribution >= 4 is 16.1 Å². The van der Waals surface area contributed by atoms with E-state index in [0.717, 1.165) is 5.56 Å². The highest BCUT2D eigenvalue weighted by Gasteiger charge is 2.57. The Balaban J connectivity index is 2.39. The van der Waals surface area contributed by atoms with E-state index in [2.05, 4.69) is 5.10 Å². The molecule has 1 aromatic carbocycles. The molecule has 2 heterocycles. The van der Waals surface area contributed by atoms with Crippen LogP contribution >= 0.6 is 0 Å². The van der Waals surface area contributed by atoms with Crippen LogP contribution in [0.1, 0.15) is 12.5 Å². The van der Waals surface area contributed by atoms with Crippen LogP contribution in [0, 0.1) is 0 Å². The number of hydrogen-bond donors (Lipinski definition) is 0. The van der Waals surface area contributed by atoms with Crippen molar-refractivity contribution < 1.29 is 8.42 Å². The smallest absolute Gasteiger partial charge is 0.202 e. The number of hydrazone groups is 1. The van der Waals surface area contributed by atoms with E-state index in [4.69, 9.17) is 0 Å². The summed E-state index contributed by atoms with van der Waals surface area (Å²) in [5, 5.41) is 5.07. The van der Waals surface area contributed by atoms with Gasteiger partial charge in [0.1, 0.15) is 0 Å². The molecule has 1 aromatic rings. The van der Waals surface area contributed by atoms with Crippen molar-refractivity contribution in [3.05, 3.63) is 29.8 Å². The van der Waals surface area contributed by atoms with Gasteiger partial charge in [-0.1, -0.05) is 18.2 Å². The summed E-state index contributed by atoms with van der Waals surface area (Å²) in [5.41, 5.74) is 0.345. The predicted molar refractivity (Wildman–Crippen MR) is 61.0 cm³/mol. The Morgan fingerprint density at radius 3 is 2.81 bits per heavy atom. The number of likely N-dealkylation sites (N-methyl/N-ethyl adjacent to an activating group) is 1. The molecule has 5 heteroatoms. The summed E-state index contributed by atoms with van der Waals surface area (Å²) in [6.45, 7) is 1.92. The maximum absolute atomic E-state index is 12.4. The number of benzene rings is 1. The summed E-state index contributed by atoms with van der Waals surface area (Å²) in [6, 6.07) is 7.18. The molecular formula is C11H12N2O2S. The minimum absolute atomic E-state index is 0.445. The number of sulfone groups is 1.